The first-order valence-electron chi connectivity index (χ1n) is 8.20. The highest BCUT2D eigenvalue weighted by molar-refractivity contribution is 5.96. The van der Waals surface area contributed by atoms with Crippen LogP contribution in [0.25, 0.3) is 0 Å². The summed E-state index contributed by atoms with van der Waals surface area (Å²) in [6.45, 7) is 5.99. The highest BCUT2D eigenvalue weighted by Gasteiger charge is 2.10. The molecule has 0 aliphatic rings. The van der Waals surface area contributed by atoms with Crippen LogP contribution in [0.3, 0.4) is 0 Å². The van der Waals surface area contributed by atoms with Crippen molar-refractivity contribution >= 4 is 17.5 Å². The maximum atomic E-state index is 12.1. The van der Waals surface area contributed by atoms with Crippen LogP contribution >= 0.6 is 0 Å². The first-order valence-corrected chi connectivity index (χ1v) is 8.20. The van der Waals surface area contributed by atoms with Gasteiger partial charge in [-0.15, -0.1) is 0 Å². The van der Waals surface area contributed by atoms with Crippen molar-refractivity contribution in [1.29, 1.82) is 0 Å². The predicted molar refractivity (Wildman–Crippen MR) is 97.1 cm³/mol. The van der Waals surface area contributed by atoms with Gasteiger partial charge in [0.2, 0.25) is 11.8 Å². The average Bonchev–Trinajstić information content (AvgIpc) is 2.57. The Bertz CT molecular complexity index is 721. The van der Waals surface area contributed by atoms with Gasteiger partial charge < -0.3 is 10.6 Å². The molecule has 0 fully saturated rings. The summed E-state index contributed by atoms with van der Waals surface area (Å²) in [5.41, 5.74) is 5.05. The van der Waals surface area contributed by atoms with Crippen molar-refractivity contribution in [3.05, 3.63) is 64.7 Å². The molecule has 4 heteroatoms. The minimum Gasteiger partial charge on any atom is -0.347 e. The molecule has 2 aromatic carbocycles. The van der Waals surface area contributed by atoms with Crippen molar-refractivity contribution in [3.63, 3.8) is 0 Å². The maximum absolute atomic E-state index is 12.1. The molecule has 0 radical (unpaired) electrons. The third-order valence-electron chi connectivity index (χ3n) is 3.94. The number of carbonyl (C=O) groups is 2. The molecular weight excluding hydrogens is 300 g/mol. The Morgan fingerprint density at radius 3 is 2.33 bits per heavy atom. The number of carbonyl (C=O) groups excluding carboxylic acids is 2. The average molecular weight is 324 g/mol. The van der Waals surface area contributed by atoms with E-state index in [2.05, 4.69) is 10.6 Å². The summed E-state index contributed by atoms with van der Waals surface area (Å²) in [6, 6.07) is 13.7. The Morgan fingerprint density at radius 1 is 0.958 bits per heavy atom. The largest absolute Gasteiger partial charge is 0.347 e. The molecule has 0 aliphatic carbocycles. The number of hydrogen-bond donors (Lipinski definition) is 2. The van der Waals surface area contributed by atoms with Crippen LogP contribution in [0.4, 0.5) is 5.69 Å². The smallest absolute Gasteiger partial charge is 0.243 e. The lowest BCUT2D eigenvalue weighted by Crippen LogP contribution is -2.34. The molecule has 0 aliphatic heterocycles. The first kappa shape index (κ1) is 17.7. The van der Waals surface area contributed by atoms with Gasteiger partial charge in [0.1, 0.15) is 0 Å². The van der Waals surface area contributed by atoms with Gasteiger partial charge in [-0.05, 0) is 37.0 Å². The highest BCUT2D eigenvalue weighted by Crippen LogP contribution is 2.20. The molecule has 0 aromatic heterocycles. The minimum absolute atomic E-state index is 0.0256. The lowest BCUT2D eigenvalue weighted by molar-refractivity contribution is -0.123. The Labute approximate surface area is 143 Å². The summed E-state index contributed by atoms with van der Waals surface area (Å²) < 4.78 is 0. The Morgan fingerprint density at radius 2 is 1.67 bits per heavy atom. The fourth-order valence-electron chi connectivity index (χ4n) is 2.52. The molecule has 126 valence electrons. The Kier molecular flexibility index (Phi) is 6.13. The summed E-state index contributed by atoms with van der Waals surface area (Å²) in [5.74, 6) is -0.370. The predicted octanol–water partition coefficient (Wildman–Crippen LogP) is 3.16. The van der Waals surface area contributed by atoms with E-state index >= 15 is 0 Å². The number of anilines is 1. The van der Waals surface area contributed by atoms with Gasteiger partial charge in [-0.2, -0.15) is 0 Å². The molecule has 24 heavy (non-hydrogen) atoms. The topological polar surface area (TPSA) is 58.2 Å². The van der Waals surface area contributed by atoms with Gasteiger partial charge >= 0.3 is 0 Å². The van der Waals surface area contributed by atoms with E-state index in [4.69, 9.17) is 0 Å². The number of aryl methyl sites for hydroxylation is 3. The van der Waals surface area contributed by atoms with E-state index < -0.39 is 0 Å². The molecular formula is C20H24N2O2. The number of benzene rings is 2. The van der Waals surface area contributed by atoms with Crippen molar-refractivity contribution in [1.82, 2.24) is 5.32 Å². The number of rotatable bonds is 6. The zero-order valence-corrected chi connectivity index (χ0v) is 14.5. The van der Waals surface area contributed by atoms with Gasteiger partial charge in [0.05, 0.1) is 13.0 Å². The van der Waals surface area contributed by atoms with Crippen LogP contribution in [0.15, 0.2) is 42.5 Å². The van der Waals surface area contributed by atoms with E-state index in [1.165, 1.54) is 0 Å². The van der Waals surface area contributed by atoms with Gasteiger partial charge in [0, 0.05) is 5.69 Å². The standard InChI is InChI=1S/C20H24N2O2/c1-4-17-7-5-6-15(3)20(17)22-19(24)13-21-18(23)12-16-10-8-14(2)9-11-16/h5-11H,4,12-13H2,1-3H3,(H,21,23)(H,22,24). The van der Waals surface area contributed by atoms with Crippen molar-refractivity contribution in [2.24, 2.45) is 0 Å². The quantitative estimate of drug-likeness (QED) is 0.857. The van der Waals surface area contributed by atoms with E-state index in [0.29, 0.717) is 0 Å². The molecule has 0 unspecified atom stereocenters. The molecule has 0 heterocycles. The summed E-state index contributed by atoms with van der Waals surface area (Å²) >= 11 is 0. The normalized spacial score (nSPS) is 10.3. The van der Waals surface area contributed by atoms with Gasteiger partial charge in [0.15, 0.2) is 0 Å². The molecule has 0 spiro atoms. The van der Waals surface area contributed by atoms with Crippen LogP contribution < -0.4 is 10.6 Å². The van der Waals surface area contributed by atoms with Crippen molar-refractivity contribution in [2.45, 2.75) is 33.6 Å². The zero-order chi connectivity index (χ0) is 17.5. The monoisotopic (exact) mass is 324 g/mol. The molecule has 2 amide bonds. The third-order valence-corrected chi connectivity index (χ3v) is 3.94. The molecule has 0 bridgehead atoms. The lowest BCUT2D eigenvalue weighted by atomic mass is 10.1. The second-order valence-corrected chi connectivity index (χ2v) is 5.95. The Hall–Kier alpha value is -2.62. The number of para-hydroxylation sites is 1. The molecule has 2 rings (SSSR count). The summed E-state index contributed by atoms with van der Waals surface area (Å²) in [6.07, 6.45) is 1.12. The number of hydrogen-bond acceptors (Lipinski definition) is 2. The summed E-state index contributed by atoms with van der Waals surface area (Å²) in [7, 11) is 0. The molecule has 0 saturated carbocycles. The molecule has 2 aromatic rings. The second-order valence-electron chi connectivity index (χ2n) is 5.95. The van der Waals surface area contributed by atoms with E-state index in [1.807, 2.05) is 63.2 Å². The highest BCUT2D eigenvalue weighted by atomic mass is 16.2. The summed E-state index contributed by atoms with van der Waals surface area (Å²) in [4.78, 5) is 24.1. The van der Waals surface area contributed by atoms with Gasteiger partial charge in [-0.3, -0.25) is 9.59 Å². The van der Waals surface area contributed by atoms with Crippen LogP contribution in [-0.2, 0) is 22.4 Å². The minimum atomic E-state index is -0.212. The first-order chi connectivity index (χ1) is 11.5. The lowest BCUT2D eigenvalue weighted by Gasteiger charge is -2.13. The van der Waals surface area contributed by atoms with Crippen LogP contribution in [-0.4, -0.2) is 18.4 Å². The van der Waals surface area contributed by atoms with Crippen molar-refractivity contribution in [3.8, 4) is 0 Å². The number of nitrogens with one attached hydrogen (secondary N) is 2. The van der Waals surface area contributed by atoms with Gasteiger partial charge in [-0.25, -0.2) is 0 Å². The molecule has 0 saturated heterocycles. The molecule has 4 nitrogen and oxygen atoms in total. The van der Waals surface area contributed by atoms with Gasteiger partial charge in [0.25, 0.3) is 0 Å². The van der Waals surface area contributed by atoms with E-state index in [1.54, 1.807) is 0 Å². The Balaban J connectivity index is 1.87. The van der Waals surface area contributed by atoms with E-state index in [0.717, 1.165) is 34.4 Å². The van der Waals surface area contributed by atoms with Crippen molar-refractivity contribution in [2.75, 3.05) is 11.9 Å². The van der Waals surface area contributed by atoms with E-state index in [9.17, 15) is 9.59 Å². The molecule has 0 atom stereocenters. The third kappa shape index (κ3) is 4.95. The molecule has 2 N–H and O–H groups in total. The van der Waals surface area contributed by atoms with Crippen LogP contribution in [0, 0.1) is 13.8 Å². The fraction of sp³-hybridized carbons (Fsp3) is 0.300. The van der Waals surface area contributed by atoms with Crippen LogP contribution in [0.2, 0.25) is 0 Å². The summed E-state index contributed by atoms with van der Waals surface area (Å²) in [5, 5.41) is 5.57. The second kappa shape index (κ2) is 8.29. The van der Waals surface area contributed by atoms with Crippen molar-refractivity contribution < 1.29 is 9.59 Å². The van der Waals surface area contributed by atoms with E-state index in [-0.39, 0.29) is 24.8 Å². The zero-order valence-electron chi connectivity index (χ0n) is 14.5. The fourth-order valence-corrected chi connectivity index (χ4v) is 2.52. The maximum Gasteiger partial charge on any atom is 0.243 e. The van der Waals surface area contributed by atoms with Gasteiger partial charge in [-0.1, -0.05) is 55.0 Å². The van der Waals surface area contributed by atoms with Crippen LogP contribution in [0.1, 0.15) is 29.2 Å². The number of amides is 2. The SMILES string of the molecule is CCc1cccc(C)c1NC(=O)CNC(=O)Cc1ccc(C)cc1. The van der Waals surface area contributed by atoms with Crippen LogP contribution in [0.5, 0.6) is 0 Å².